The third kappa shape index (κ3) is 2.07. The Balaban J connectivity index is 2.00. The highest BCUT2D eigenvalue weighted by Gasteiger charge is 2.24. The van der Waals surface area contributed by atoms with Crippen LogP contribution in [0.25, 0.3) is 0 Å². The van der Waals surface area contributed by atoms with E-state index in [1.807, 2.05) is 6.07 Å². The van der Waals surface area contributed by atoms with E-state index in [0.717, 1.165) is 18.0 Å². The molecule has 1 atom stereocenters. The Morgan fingerprint density at radius 1 is 1.05 bits per heavy atom. The number of hydrogen-bond donors (Lipinski definition) is 1. The Hall–Kier alpha value is -1.96. The maximum Gasteiger partial charge on any atom is 0.146 e. The zero-order valence-corrected chi connectivity index (χ0v) is 11.7. The fraction of sp³-hybridized carbons (Fsp3) is 0.294. The van der Waals surface area contributed by atoms with E-state index in [4.69, 9.17) is 4.74 Å². The molecule has 19 heavy (non-hydrogen) atoms. The summed E-state index contributed by atoms with van der Waals surface area (Å²) in [6.07, 6.45) is 0.0913. The molecule has 2 heteroatoms. The molecule has 0 aromatic heterocycles. The van der Waals surface area contributed by atoms with Crippen molar-refractivity contribution in [3.8, 4) is 5.75 Å². The lowest BCUT2D eigenvalue weighted by Crippen LogP contribution is -2.25. The van der Waals surface area contributed by atoms with Gasteiger partial charge in [-0.25, -0.2) is 0 Å². The van der Waals surface area contributed by atoms with Gasteiger partial charge in [-0.1, -0.05) is 36.4 Å². The van der Waals surface area contributed by atoms with Crippen molar-refractivity contribution in [3.63, 3.8) is 0 Å². The minimum atomic E-state index is 0.0913. The highest BCUT2D eigenvalue weighted by Crippen LogP contribution is 2.40. The molecule has 3 rings (SSSR count). The minimum absolute atomic E-state index is 0.0913. The number of fused-ring (bicyclic) bond motifs is 1. The van der Waals surface area contributed by atoms with Crippen LogP contribution in [0.15, 0.2) is 36.4 Å². The van der Waals surface area contributed by atoms with E-state index in [1.165, 1.54) is 22.3 Å². The lowest BCUT2D eigenvalue weighted by molar-refractivity contribution is 0.208. The Morgan fingerprint density at radius 2 is 1.79 bits per heavy atom. The topological polar surface area (TPSA) is 21.3 Å². The van der Waals surface area contributed by atoms with Gasteiger partial charge in [0.2, 0.25) is 0 Å². The predicted molar refractivity (Wildman–Crippen MR) is 79.0 cm³/mol. The number of benzene rings is 2. The van der Waals surface area contributed by atoms with Gasteiger partial charge in [-0.05, 0) is 43.0 Å². The highest BCUT2D eigenvalue weighted by atomic mass is 16.5. The molecule has 1 N–H and O–H groups in total. The number of hydrogen-bond acceptors (Lipinski definition) is 2. The lowest BCUT2D eigenvalue weighted by atomic mass is 10.0. The quantitative estimate of drug-likeness (QED) is 0.824. The summed E-state index contributed by atoms with van der Waals surface area (Å²) in [6.45, 7) is 7.21. The van der Waals surface area contributed by atoms with Crippen molar-refractivity contribution in [2.24, 2.45) is 0 Å². The van der Waals surface area contributed by atoms with E-state index >= 15 is 0 Å². The zero-order chi connectivity index (χ0) is 13.4. The third-order valence-corrected chi connectivity index (χ3v) is 3.88. The Bertz CT molecular complexity index is 604. The van der Waals surface area contributed by atoms with E-state index in [2.05, 4.69) is 56.4 Å². The van der Waals surface area contributed by atoms with Gasteiger partial charge in [0.25, 0.3) is 0 Å². The summed E-state index contributed by atoms with van der Waals surface area (Å²) in [4.78, 5) is 0. The molecule has 0 bridgehead atoms. The molecule has 0 saturated heterocycles. The normalized spacial score (nSPS) is 17.3. The number of anilines is 1. The summed E-state index contributed by atoms with van der Waals surface area (Å²) >= 11 is 0. The van der Waals surface area contributed by atoms with E-state index < -0.39 is 0 Å². The average Bonchev–Trinajstić information content (AvgIpc) is 2.45. The van der Waals surface area contributed by atoms with Crippen LogP contribution in [-0.4, -0.2) is 6.54 Å². The van der Waals surface area contributed by atoms with Crippen molar-refractivity contribution < 1.29 is 4.74 Å². The predicted octanol–water partition coefficient (Wildman–Crippen LogP) is 4.16. The van der Waals surface area contributed by atoms with Gasteiger partial charge in [0, 0.05) is 0 Å². The monoisotopic (exact) mass is 253 g/mol. The molecular formula is C17H19NO. The standard InChI is InChI=1S/C17H19NO/c1-11-9-12(2)16-17(13(11)3)19-15(10-18-16)14-7-5-4-6-8-14/h4-9,15,18H,10H2,1-3H3. The summed E-state index contributed by atoms with van der Waals surface area (Å²) in [5.74, 6) is 1.01. The summed E-state index contributed by atoms with van der Waals surface area (Å²) in [6, 6.07) is 12.6. The van der Waals surface area contributed by atoms with Crippen LogP contribution in [0.2, 0.25) is 0 Å². The van der Waals surface area contributed by atoms with Crippen molar-refractivity contribution in [1.29, 1.82) is 0 Å². The van der Waals surface area contributed by atoms with E-state index in [9.17, 15) is 0 Å². The molecule has 0 saturated carbocycles. The first-order chi connectivity index (χ1) is 9.16. The second-order valence-corrected chi connectivity index (χ2v) is 5.24. The Morgan fingerprint density at radius 3 is 2.53 bits per heavy atom. The van der Waals surface area contributed by atoms with Gasteiger partial charge in [-0.2, -0.15) is 0 Å². The molecule has 98 valence electrons. The molecule has 0 amide bonds. The molecule has 1 aliphatic rings. The van der Waals surface area contributed by atoms with Gasteiger partial charge in [-0.15, -0.1) is 0 Å². The molecule has 0 fully saturated rings. The molecule has 2 aromatic rings. The third-order valence-electron chi connectivity index (χ3n) is 3.88. The number of aryl methyl sites for hydroxylation is 2. The van der Waals surface area contributed by atoms with Crippen molar-refractivity contribution in [2.45, 2.75) is 26.9 Å². The molecule has 0 spiro atoms. The second kappa shape index (κ2) is 4.61. The Kier molecular flexibility index (Phi) is 2.94. The fourth-order valence-electron chi connectivity index (χ4n) is 2.65. The molecular weight excluding hydrogens is 234 g/mol. The number of ether oxygens (including phenoxy) is 1. The molecule has 1 unspecified atom stereocenters. The SMILES string of the molecule is Cc1cc(C)c2c(c1C)OC(c1ccccc1)CN2. The molecule has 0 aliphatic carbocycles. The summed E-state index contributed by atoms with van der Waals surface area (Å²) in [5, 5.41) is 3.52. The van der Waals surface area contributed by atoms with Crippen LogP contribution in [0.5, 0.6) is 5.75 Å². The first-order valence-corrected chi connectivity index (χ1v) is 6.73. The van der Waals surface area contributed by atoms with E-state index in [1.54, 1.807) is 0 Å². The van der Waals surface area contributed by atoms with Crippen molar-refractivity contribution >= 4 is 5.69 Å². The molecule has 1 heterocycles. The maximum absolute atomic E-state index is 6.25. The van der Waals surface area contributed by atoms with Gasteiger partial charge < -0.3 is 10.1 Å². The summed E-state index contributed by atoms with van der Waals surface area (Å²) in [7, 11) is 0. The molecule has 2 aromatic carbocycles. The van der Waals surface area contributed by atoms with Crippen LogP contribution in [0.1, 0.15) is 28.4 Å². The van der Waals surface area contributed by atoms with E-state index in [0.29, 0.717) is 0 Å². The smallest absolute Gasteiger partial charge is 0.146 e. The van der Waals surface area contributed by atoms with Crippen LogP contribution in [-0.2, 0) is 0 Å². The number of rotatable bonds is 1. The highest BCUT2D eigenvalue weighted by molar-refractivity contribution is 5.68. The van der Waals surface area contributed by atoms with Gasteiger partial charge in [-0.3, -0.25) is 0 Å². The van der Waals surface area contributed by atoms with Crippen molar-refractivity contribution in [1.82, 2.24) is 0 Å². The minimum Gasteiger partial charge on any atom is -0.481 e. The fourth-order valence-corrected chi connectivity index (χ4v) is 2.65. The zero-order valence-electron chi connectivity index (χ0n) is 11.7. The van der Waals surface area contributed by atoms with Crippen LogP contribution < -0.4 is 10.1 Å². The van der Waals surface area contributed by atoms with Crippen LogP contribution >= 0.6 is 0 Å². The van der Waals surface area contributed by atoms with Crippen LogP contribution in [0.4, 0.5) is 5.69 Å². The van der Waals surface area contributed by atoms with Gasteiger partial charge in [0.1, 0.15) is 11.9 Å². The largest absolute Gasteiger partial charge is 0.481 e. The van der Waals surface area contributed by atoms with Gasteiger partial charge in [0.05, 0.1) is 12.2 Å². The molecule has 0 radical (unpaired) electrons. The second-order valence-electron chi connectivity index (χ2n) is 5.24. The lowest BCUT2D eigenvalue weighted by Gasteiger charge is -2.30. The molecule has 1 aliphatic heterocycles. The van der Waals surface area contributed by atoms with Gasteiger partial charge >= 0.3 is 0 Å². The first-order valence-electron chi connectivity index (χ1n) is 6.73. The first kappa shape index (κ1) is 12.1. The van der Waals surface area contributed by atoms with Gasteiger partial charge in [0.15, 0.2) is 0 Å². The van der Waals surface area contributed by atoms with Crippen molar-refractivity contribution in [2.75, 3.05) is 11.9 Å². The Labute approximate surface area is 114 Å². The maximum atomic E-state index is 6.25. The van der Waals surface area contributed by atoms with Crippen LogP contribution in [0.3, 0.4) is 0 Å². The van der Waals surface area contributed by atoms with E-state index in [-0.39, 0.29) is 6.10 Å². The van der Waals surface area contributed by atoms with Crippen molar-refractivity contribution in [3.05, 3.63) is 58.7 Å². The van der Waals surface area contributed by atoms with Crippen LogP contribution in [0, 0.1) is 20.8 Å². The average molecular weight is 253 g/mol. The summed E-state index contributed by atoms with van der Waals surface area (Å²) < 4.78 is 6.25. The summed E-state index contributed by atoms with van der Waals surface area (Å²) in [5.41, 5.74) is 6.14. The number of nitrogens with one attached hydrogen (secondary N) is 1. The molecule has 2 nitrogen and oxygen atoms in total.